The minimum Gasteiger partial charge on any atom is -0.316 e. The van der Waals surface area contributed by atoms with Crippen LogP contribution in [0.1, 0.15) is 11.1 Å². The molecule has 0 radical (unpaired) electrons. The van der Waals surface area contributed by atoms with E-state index in [9.17, 15) is 12.8 Å². The van der Waals surface area contributed by atoms with E-state index in [1.54, 1.807) is 61.9 Å². The van der Waals surface area contributed by atoms with Gasteiger partial charge >= 0.3 is 0 Å². The van der Waals surface area contributed by atoms with Crippen LogP contribution in [0.4, 0.5) is 4.39 Å². The zero-order chi connectivity index (χ0) is 19.3. The highest BCUT2D eigenvalue weighted by Crippen LogP contribution is 2.28. The van der Waals surface area contributed by atoms with Crippen LogP contribution in [0, 0.1) is 5.82 Å². The summed E-state index contributed by atoms with van der Waals surface area (Å²) in [4.78, 5) is 3.98. The molecule has 0 saturated carbocycles. The van der Waals surface area contributed by atoms with E-state index < -0.39 is 15.8 Å². The second-order valence-corrected chi connectivity index (χ2v) is 7.87. The number of nitrogens with zero attached hydrogens (tertiary/aromatic N) is 2. The van der Waals surface area contributed by atoms with E-state index in [-0.39, 0.29) is 18.0 Å². The first-order valence-corrected chi connectivity index (χ1v) is 10.0. The summed E-state index contributed by atoms with van der Waals surface area (Å²) in [6, 6.07) is 12.3. The van der Waals surface area contributed by atoms with E-state index in [4.69, 9.17) is 0 Å². The molecule has 0 spiro atoms. The molecule has 3 aromatic rings. The van der Waals surface area contributed by atoms with Gasteiger partial charge in [-0.25, -0.2) is 16.8 Å². The average Bonchev–Trinajstić information content (AvgIpc) is 3.01. The lowest BCUT2D eigenvalue weighted by Crippen LogP contribution is -2.16. The third-order valence-electron chi connectivity index (χ3n) is 4.00. The lowest BCUT2D eigenvalue weighted by atomic mass is 10.1. The van der Waals surface area contributed by atoms with Crippen molar-refractivity contribution < 1.29 is 12.8 Å². The molecule has 140 valence electrons. The quantitative estimate of drug-likeness (QED) is 0.678. The van der Waals surface area contributed by atoms with Crippen molar-refractivity contribution in [2.75, 3.05) is 12.8 Å². The van der Waals surface area contributed by atoms with Crippen molar-refractivity contribution in [1.29, 1.82) is 0 Å². The molecule has 27 heavy (non-hydrogen) atoms. The van der Waals surface area contributed by atoms with Crippen molar-refractivity contribution in [2.45, 2.75) is 6.54 Å². The number of aromatic nitrogens is 2. The maximum atomic E-state index is 14.9. The van der Waals surface area contributed by atoms with Gasteiger partial charge < -0.3 is 5.32 Å². The molecule has 1 N–H and O–H groups in total. The lowest BCUT2D eigenvalue weighted by Gasteiger charge is -2.09. The number of halogens is 1. The molecular formula is C20H20FN3O2S. The standard InChI is InChI=1S/C20H20FN3O2S/c1-22-14-18-15-24(20(19(18)21)17-9-3-2-4-10-17)27(25,26)12-6-8-16-7-5-11-23-13-16/h2-11,13,15,22H,12,14H2,1H3. The largest absolute Gasteiger partial charge is 0.316 e. The predicted molar refractivity (Wildman–Crippen MR) is 105 cm³/mol. The smallest absolute Gasteiger partial charge is 0.242 e. The van der Waals surface area contributed by atoms with Crippen LogP contribution in [0.3, 0.4) is 0 Å². The fraction of sp³-hybridized carbons (Fsp3) is 0.150. The molecule has 1 aromatic carbocycles. The number of pyridine rings is 1. The van der Waals surface area contributed by atoms with Gasteiger partial charge in [0.25, 0.3) is 0 Å². The van der Waals surface area contributed by atoms with Crippen molar-refractivity contribution in [3.63, 3.8) is 0 Å². The maximum absolute atomic E-state index is 14.9. The SMILES string of the molecule is CNCc1cn(S(=O)(=O)CC=Cc2cccnc2)c(-c2ccccc2)c1F. The van der Waals surface area contributed by atoms with Crippen LogP contribution in [-0.4, -0.2) is 30.2 Å². The first-order valence-electron chi connectivity index (χ1n) is 8.42. The number of nitrogens with one attached hydrogen (secondary N) is 1. The van der Waals surface area contributed by atoms with Crippen molar-refractivity contribution >= 4 is 16.1 Å². The average molecular weight is 385 g/mol. The zero-order valence-electron chi connectivity index (χ0n) is 14.8. The highest BCUT2D eigenvalue weighted by atomic mass is 32.2. The Balaban J connectivity index is 1.99. The number of hydrogen-bond donors (Lipinski definition) is 1. The molecule has 0 atom stereocenters. The Hall–Kier alpha value is -2.77. The van der Waals surface area contributed by atoms with E-state index in [0.29, 0.717) is 11.1 Å². The van der Waals surface area contributed by atoms with Gasteiger partial charge in [0, 0.05) is 36.3 Å². The Labute approximate surface area is 158 Å². The second-order valence-electron chi connectivity index (χ2n) is 5.98. The monoisotopic (exact) mass is 385 g/mol. The molecule has 0 aliphatic rings. The Bertz CT molecular complexity index is 1030. The highest BCUT2D eigenvalue weighted by molar-refractivity contribution is 7.90. The maximum Gasteiger partial charge on any atom is 0.242 e. The first kappa shape index (κ1) is 19.0. The Morgan fingerprint density at radius 1 is 1.19 bits per heavy atom. The van der Waals surface area contributed by atoms with E-state index in [2.05, 4.69) is 10.3 Å². The van der Waals surface area contributed by atoms with E-state index in [0.717, 1.165) is 9.54 Å². The fourth-order valence-electron chi connectivity index (χ4n) is 2.76. The molecule has 0 saturated heterocycles. The van der Waals surface area contributed by atoms with Gasteiger partial charge in [-0.3, -0.25) is 4.98 Å². The first-order chi connectivity index (χ1) is 13.0. The van der Waals surface area contributed by atoms with Crippen LogP contribution >= 0.6 is 0 Å². The van der Waals surface area contributed by atoms with Gasteiger partial charge in [-0.05, 0) is 18.7 Å². The van der Waals surface area contributed by atoms with Crippen LogP contribution in [0.25, 0.3) is 17.3 Å². The van der Waals surface area contributed by atoms with Crippen LogP contribution in [0.15, 0.2) is 67.1 Å². The molecule has 2 aromatic heterocycles. The summed E-state index contributed by atoms with van der Waals surface area (Å²) in [7, 11) is -2.10. The van der Waals surface area contributed by atoms with Gasteiger partial charge in [-0.1, -0.05) is 48.6 Å². The van der Waals surface area contributed by atoms with E-state index >= 15 is 0 Å². The third kappa shape index (κ3) is 4.32. The highest BCUT2D eigenvalue weighted by Gasteiger charge is 2.24. The molecule has 3 rings (SSSR count). The second kappa shape index (κ2) is 8.28. The number of rotatable bonds is 7. The summed E-state index contributed by atoms with van der Waals surface area (Å²) in [5.74, 6) is -0.787. The van der Waals surface area contributed by atoms with Gasteiger partial charge in [-0.15, -0.1) is 0 Å². The summed E-state index contributed by atoms with van der Waals surface area (Å²) in [5.41, 5.74) is 1.66. The molecule has 0 aliphatic heterocycles. The van der Waals surface area contributed by atoms with Crippen molar-refractivity contribution in [1.82, 2.24) is 14.3 Å². The summed E-state index contributed by atoms with van der Waals surface area (Å²) < 4.78 is 41.8. The van der Waals surface area contributed by atoms with Gasteiger partial charge in [0.15, 0.2) is 5.82 Å². The molecule has 0 amide bonds. The Morgan fingerprint density at radius 2 is 1.96 bits per heavy atom. The molecule has 0 unspecified atom stereocenters. The van der Waals surface area contributed by atoms with Crippen LogP contribution in [0.2, 0.25) is 0 Å². The third-order valence-corrected chi connectivity index (χ3v) is 5.50. The molecule has 7 heteroatoms. The predicted octanol–water partition coefficient (Wildman–Crippen LogP) is 3.30. The number of benzene rings is 1. The molecule has 2 heterocycles. The van der Waals surface area contributed by atoms with Crippen molar-refractivity contribution in [3.05, 3.63) is 84.1 Å². The van der Waals surface area contributed by atoms with Gasteiger partial charge in [0.2, 0.25) is 10.0 Å². The van der Waals surface area contributed by atoms with Gasteiger partial charge in [0.05, 0.1) is 11.4 Å². The molecular weight excluding hydrogens is 365 g/mol. The fourth-order valence-corrected chi connectivity index (χ4v) is 4.01. The van der Waals surface area contributed by atoms with Crippen LogP contribution in [-0.2, 0) is 16.6 Å². The minimum absolute atomic E-state index is 0.0515. The Morgan fingerprint density at radius 3 is 2.63 bits per heavy atom. The summed E-state index contributed by atoms with van der Waals surface area (Å²) in [5, 5.41) is 2.86. The van der Waals surface area contributed by atoms with Crippen LogP contribution < -0.4 is 5.32 Å². The van der Waals surface area contributed by atoms with Gasteiger partial charge in [-0.2, -0.15) is 0 Å². The zero-order valence-corrected chi connectivity index (χ0v) is 15.7. The molecule has 5 nitrogen and oxygen atoms in total. The molecule has 0 bridgehead atoms. The van der Waals surface area contributed by atoms with Crippen molar-refractivity contribution in [3.8, 4) is 11.3 Å². The van der Waals surface area contributed by atoms with Crippen molar-refractivity contribution in [2.24, 2.45) is 0 Å². The van der Waals surface area contributed by atoms with Crippen LogP contribution in [0.5, 0.6) is 0 Å². The normalized spacial score (nSPS) is 11.9. The minimum atomic E-state index is -3.79. The summed E-state index contributed by atoms with van der Waals surface area (Å²) >= 11 is 0. The summed E-state index contributed by atoms with van der Waals surface area (Å²) in [6.45, 7) is 0.236. The van der Waals surface area contributed by atoms with E-state index in [1.807, 2.05) is 6.07 Å². The van der Waals surface area contributed by atoms with Gasteiger partial charge in [0.1, 0.15) is 0 Å². The molecule has 0 aliphatic carbocycles. The lowest BCUT2D eigenvalue weighted by molar-refractivity contribution is 0.588. The molecule has 0 fully saturated rings. The Kier molecular flexibility index (Phi) is 5.83. The number of hydrogen-bond acceptors (Lipinski definition) is 4. The van der Waals surface area contributed by atoms with E-state index in [1.165, 1.54) is 12.3 Å². The summed E-state index contributed by atoms with van der Waals surface area (Å²) in [6.07, 6.45) is 7.85. The topological polar surface area (TPSA) is 64.0 Å².